The standard InChI is InChI=1S/C22H20FN5/c23-19-6-15(8-24-13-19)10-26-21-4-1-14(9-25-21)5-18-12-28-22-20(18)7-17(11-27-22)16-2-3-16/h1,4,6-9,11-13,16H,2-3,5,10H2,(H,25,26)(H,27,28). The fourth-order valence-corrected chi connectivity index (χ4v) is 3.46. The Morgan fingerprint density at radius 2 is 1.96 bits per heavy atom. The van der Waals surface area contributed by atoms with Gasteiger partial charge in [0.15, 0.2) is 0 Å². The van der Waals surface area contributed by atoms with E-state index in [1.165, 1.54) is 41.6 Å². The smallest absolute Gasteiger partial charge is 0.141 e. The molecule has 0 unspecified atom stereocenters. The topological polar surface area (TPSA) is 66.5 Å². The summed E-state index contributed by atoms with van der Waals surface area (Å²) in [5.41, 5.74) is 5.44. The predicted molar refractivity (Wildman–Crippen MR) is 107 cm³/mol. The van der Waals surface area contributed by atoms with Crippen LogP contribution in [-0.4, -0.2) is 19.9 Å². The van der Waals surface area contributed by atoms with Crippen LogP contribution in [0.15, 0.2) is 55.2 Å². The zero-order chi connectivity index (χ0) is 18.9. The van der Waals surface area contributed by atoms with E-state index >= 15 is 0 Å². The van der Waals surface area contributed by atoms with Gasteiger partial charge in [-0.1, -0.05) is 6.07 Å². The van der Waals surface area contributed by atoms with E-state index in [9.17, 15) is 4.39 Å². The molecule has 0 amide bonds. The van der Waals surface area contributed by atoms with Gasteiger partial charge in [0, 0.05) is 43.1 Å². The molecule has 2 N–H and O–H groups in total. The van der Waals surface area contributed by atoms with Gasteiger partial charge in [0.05, 0.1) is 6.20 Å². The van der Waals surface area contributed by atoms with Gasteiger partial charge >= 0.3 is 0 Å². The van der Waals surface area contributed by atoms with Gasteiger partial charge in [0.1, 0.15) is 17.3 Å². The molecule has 1 aliphatic carbocycles. The average molecular weight is 373 g/mol. The first-order chi connectivity index (χ1) is 13.7. The van der Waals surface area contributed by atoms with E-state index in [1.54, 1.807) is 6.20 Å². The zero-order valence-electron chi connectivity index (χ0n) is 15.3. The number of aromatic amines is 1. The number of H-pyrrole nitrogens is 1. The van der Waals surface area contributed by atoms with Crippen LogP contribution in [0, 0.1) is 5.82 Å². The molecule has 1 fully saturated rings. The minimum atomic E-state index is -0.333. The SMILES string of the molecule is Fc1cncc(CNc2ccc(Cc3c[nH]c4ncc(C5CC5)cc34)cn2)c1. The lowest BCUT2D eigenvalue weighted by Gasteiger charge is -2.07. The van der Waals surface area contributed by atoms with E-state index in [1.807, 2.05) is 24.7 Å². The van der Waals surface area contributed by atoms with E-state index in [0.29, 0.717) is 12.5 Å². The van der Waals surface area contributed by atoms with Gasteiger partial charge < -0.3 is 10.3 Å². The summed E-state index contributed by atoms with van der Waals surface area (Å²) in [5, 5.41) is 4.40. The van der Waals surface area contributed by atoms with Crippen molar-refractivity contribution in [1.29, 1.82) is 0 Å². The molecular weight excluding hydrogens is 353 g/mol. The summed E-state index contributed by atoms with van der Waals surface area (Å²) in [6, 6.07) is 7.76. The Morgan fingerprint density at radius 1 is 1.04 bits per heavy atom. The molecule has 140 valence electrons. The predicted octanol–water partition coefficient (Wildman–Crippen LogP) is 4.57. The number of hydrogen-bond acceptors (Lipinski definition) is 4. The van der Waals surface area contributed by atoms with Crippen molar-refractivity contribution in [1.82, 2.24) is 19.9 Å². The van der Waals surface area contributed by atoms with E-state index in [0.717, 1.165) is 29.0 Å². The first-order valence-corrected chi connectivity index (χ1v) is 9.49. The number of halogens is 1. The van der Waals surface area contributed by atoms with Crippen molar-refractivity contribution in [3.8, 4) is 0 Å². The van der Waals surface area contributed by atoms with Gasteiger partial charge in [-0.25, -0.2) is 14.4 Å². The van der Waals surface area contributed by atoms with Crippen LogP contribution in [0.3, 0.4) is 0 Å². The Labute approximate surface area is 162 Å². The molecule has 0 spiro atoms. The summed E-state index contributed by atoms with van der Waals surface area (Å²) in [4.78, 5) is 16.2. The molecule has 0 bridgehead atoms. The lowest BCUT2D eigenvalue weighted by atomic mass is 10.0. The molecule has 4 aromatic rings. The van der Waals surface area contributed by atoms with E-state index in [-0.39, 0.29) is 5.82 Å². The number of aromatic nitrogens is 4. The fourth-order valence-electron chi connectivity index (χ4n) is 3.46. The van der Waals surface area contributed by atoms with Crippen molar-refractivity contribution in [3.05, 3.63) is 83.3 Å². The van der Waals surface area contributed by atoms with Crippen molar-refractivity contribution in [2.45, 2.75) is 31.7 Å². The molecule has 4 heterocycles. The second kappa shape index (κ2) is 7.03. The molecule has 0 aromatic carbocycles. The van der Waals surface area contributed by atoms with Crippen LogP contribution < -0.4 is 5.32 Å². The largest absolute Gasteiger partial charge is 0.366 e. The van der Waals surface area contributed by atoms with Gasteiger partial charge in [-0.05, 0) is 59.2 Å². The Hall–Kier alpha value is -3.28. The summed E-state index contributed by atoms with van der Waals surface area (Å²) < 4.78 is 13.2. The molecule has 0 radical (unpaired) electrons. The van der Waals surface area contributed by atoms with Crippen LogP contribution in [0.2, 0.25) is 0 Å². The molecule has 5 rings (SSSR count). The maximum Gasteiger partial charge on any atom is 0.141 e. The van der Waals surface area contributed by atoms with Crippen LogP contribution in [0.5, 0.6) is 0 Å². The van der Waals surface area contributed by atoms with E-state index in [2.05, 4.69) is 37.4 Å². The molecular formula is C22H20FN5. The highest BCUT2D eigenvalue weighted by Crippen LogP contribution is 2.40. The second-order valence-electron chi connectivity index (χ2n) is 7.35. The maximum absolute atomic E-state index is 13.2. The van der Waals surface area contributed by atoms with Crippen LogP contribution >= 0.6 is 0 Å². The molecule has 28 heavy (non-hydrogen) atoms. The molecule has 1 aliphatic rings. The highest BCUT2D eigenvalue weighted by molar-refractivity contribution is 5.80. The van der Waals surface area contributed by atoms with Crippen molar-refractivity contribution >= 4 is 16.9 Å². The third-order valence-corrected chi connectivity index (χ3v) is 5.14. The summed E-state index contributed by atoms with van der Waals surface area (Å²) >= 11 is 0. The van der Waals surface area contributed by atoms with Crippen LogP contribution in [0.4, 0.5) is 10.2 Å². The Kier molecular flexibility index (Phi) is 4.24. The molecule has 1 saturated carbocycles. The number of nitrogens with one attached hydrogen (secondary N) is 2. The van der Waals surface area contributed by atoms with Gasteiger partial charge in [-0.15, -0.1) is 0 Å². The monoisotopic (exact) mass is 373 g/mol. The lowest BCUT2D eigenvalue weighted by Crippen LogP contribution is -2.02. The van der Waals surface area contributed by atoms with Crippen molar-refractivity contribution in [2.24, 2.45) is 0 Å². The quantitative estimate of drug-likeness (QED) is 0.519. The van der Waals surface area contributed by atoms with E-state index in [4.69, 9.17) is 0 Å². The number of nitrogens with zero attached hydrogens (tertiary/aromatic N) is 3. The first-order valence-electron chi connectivity index (χ1n) is 9.49. The third-order valence-electron chi connectivity index (χ3n) is 5.14. The minimum absolute atomic E-state index is 0.333. The van der Waals surface area contributed by atoms with Crippen molar-refractivity contribution in [2.75, 3.05) is 5.32 Å². The summed E-state index contributed by atoms with van der Waals surface area (Å²) in [6.45, 7) is 0.481. The normalized spacial score (nSPS) is 13.8. The molecule has 0 atom stereocenters. The summed E-state index contributed by atoms with van der Waals surface area (Å²) in [7, 11) is 0. The van der Waals surface area contributed by atoms with Gasteiger partial charge in [0.25, 0.3) is 0 Å². The molecule has 5 nitrogen and oxygen atoms in total. The molecule has 4 aromatic heterocycles. The number of fused-ring (bicyclic) bond motifs is 1. The van der Waals surface area contributed by atoms with Gasteiger partial charge in [0.2, 0.25) is 0 Å². The molecule has 0 saturated heterocycles. The zero-order valence-corrected chi connectivity index (χ0v) is 15.3. The van der Waals surface area contributed by atoms with Crippen LogP contribution in [0.1, 0.15) is 41.0 Å². The van der Waals surface area contributed by atoms with Crippen molar-refractivity contribution in [3.63, 3.8) is 0 Å². The number of pyridine rings is 3. The van der Waals surface area contributed by atoms with Crippen molar-refractivity contribution < 1.29 is 4.39 Å². The highest BCUT2D eigenvalue weighted by Gasteiger charge is 2.24. The number of anilines is 1. The Balaban J connectivity index is 1.28. The summed E-state index contributed by atoms with van der Waals surface area (Å²) in [6.07, 6.45) is 12.1. The Bertz CT molecular complexity index is 1120. The first kappa shape index (κ1) is 16.9. The van der Waals surface area contributed by atoms with Crippen LogP contribution in [-0.2, 0) is 13.0 Å². The molecule has 6 heteroatoms. The fraction of sp³-hybridized carbons (Fsp3) is 0.227. The maximum atomic E-state index is 13.2. The Morgan fingerprint density at radius 3 is 2.75 bits per heavy atom. The van der Waals surface area contributed by atoms with Gasteiger partial charge in [-0.2, -0.15) is 0 Å². The lowest BCUT2D eigenvalue weighted by molar-refractivity contribution is 0.619. The number of hydrogen-bond donors (Lipinski definition) is 2. The highest BCUT2D eigenvalue weighted by atomic mass is 19.1. The minimum Gasteiger partial charge on any atom is -0.366 e. The van der Waals surface area contributed by atoms with Crippen LogP contribution in [0.25, 0.3) is 11.0 Å². The summed E-state index contributed by atoms with van der Waals surface area (Å²) in [5.74, 6) is 1.12. The molecule has 0 aliphatic heterocycles. The third kappa shape index (κ3) is 3.58. The van der Waals surface area contributed by atoms with Gasteiger partial charge in [-0.3, -0.25) is 4.98 Å². The number of rotatable bonds is 6. The second-order valence-corrected chi connectivity index (χ2v) is 7.35. The average Bonchev–Trinajstić information content (AvgIpc) is 3.50. The van der Waals surface area contributed by atoms with E-state index < -0.39 is 0 Å².